The number of aryl methyl sites for hydroxylation is 2. The zero-order chi connectivity index (χ0) is 21.0. The highest BCUT2D eigenvalue weighted by Gasteiger charge is 2.27. The van der Waals surface area contributed by atoms with Crippen LogP contribution in [0.2, 0.25) is 0 Å². The number of fused-ring (bicyclic) bond motifs is 1. The summed E-state index contributed by atoms with van der Waals surface area (Å²) in [5, 5.41) is 0. The van der Waals surface area contributed by atoms with Crippen LogP contribution in [0.1, 0.15) is 35.0 Å². The van der Waals surface area contributed by atoms with E-state index in [2.05, 4.69) is 4.98 Å². The van der Waals surface area contributed by atoms with E-state index in [-0.39, 0.29) is 18.2 Å². The Bertz CT molecular complexity index is 910. The number of thioether (sulfide) groups is 1. The van der Waals surface area contributed by atoms with Gasteiger partial charge in [-0.15, -0.1) is 0 Å². The molecule has 1 aromatic heterocycles. The maximum absolute atomic E-state index is 12.6. The third kappa shape index (κ3) is 4.80. The number of aromatic nitrogens is 2. The topological polar surface area (TPSA) is 75.6 Å². The maximum atomic E-state index is 12.6. The summed E-state index contributed by atoms with van der Waals surface area (Å²) < 4.78 is 5.23. The molecule has 1 aliphatic rings. The van der Waals surface area contributed by atoms with Crippen molar-refractivity contribution in [3.05, 3.63) is 29.0 Å². The van der Waals surface area contributed by atoms with Gasteiger partial charge >= 0.3 is 5.97 Å². The molecule has 0 unspecified atom stereocenters. The average Bonchev–Trinajstić information content (AvgIpc) is 2.72. The van der Waals surface area contributed by atoms with Crippen LogP contribution in [-0.4, -0.2) is 71.5 Å². The van der Waals surface area contributed by atoms with E-state index >= 15 is 0 Å². The molecule has 1 aliphatic heterocycles. The highest BCUT2D eigenvalue weighted by Crippen LogP contribution is 2.25. The van der Waals surface area contributed by atoms with Gasteiger partial charge in [-0.05, 0) is 50.3 Å². The minimum atomic E-state index is -0.464. The molecular formula is C21H28N4O3S. The van der Waals surface area contributed by atoms with Gasteiger partial charge in [0.15, 0.2) is 11.5 Å². The second kappa shape index (κ2) is 9.43. The number of benzene rings is 1. The lowest BCUT2D eigenvalue weighted by Crippen LogP contribution is -2.49. The second-order valence-corrected chi connectivity index (χ2v) is 8.14. The first-order valence-electron chi connectivity index (χ1n) is 9.92. The van der Waals surface area contributed by atoms with Crippen LogP contribution in [0.25, 0.3) is 11.0 Å². The molecular weight excluding hydrogens is 388 g/mol. The lowest BCUT2D eigenvalue weighted by atomic mass is 10.1. The van der Waals surface area contributed by atoms with E-state index in [4.69, 9.17) is 9.72 Å². The highest BCUT2D eigenvalue weighted by atomic mass is 32.2. The lowest BCUT2D eigenvalue weighted by molar-refractivity contribution is -0.131. The van der Waals surface area contributed by atoms with Gasteiger partial charge < -0.3 is 14.5 Å². The summed E-state index contributed by atoms with van der Waals surface area (Å²) in [6.45, 7) is 8.56. The monoisotopic (exact) mass is 416 g/mol. The van der Waals surface area contributed by atoms with Gasteiger partial charge in [0.1, 0.15) is 0 Å². The van der Waals surface area contributed by atoms with Gasteiger partial charge in [-0.3, -0.25) is 4.79 Å². The smallest absolute Gasteiger partial charge is 0.360 e. The molecule has 0 radical (unpaired) electrons. The van der Waals surface area contributed by atoms with E-state index in [0.29, 0.717) is 43.9 Å². The number of anilines is 1. The van der Waals surface area contributed by atoms with Crippen LogP contribution in [0.3, 0.4) is 0 Å². The number of piperazine rings is 1. The molecule has 7 nitrogen and oxygen atoms in total. The van der Waals surface area contributed by atoms with E-state index < -0.39 is 5.97 Å². The number of ether oxygens (including phenoxy) is 1. The number of esters is 1. The van der Waals surface area contributed by atoms with E-state index in [1.165, 1.54) is 0 Å². The number of hydrogen-bond acceptors (Lipinski definition) is 7. The Labute approximate surface area is 175 Å². The molecule has 29 heavy (non-hydrogen) atoms. The Morgan fingerprint density at radius 2 is 1.69 bits per heavy atom. The quantitative estimate of drug-likeness (QED) is 0.670. The van der Waals surface area contributed by atoms with Gasteiger partial charge in [-0.1, -0.05) is 0 Å². The molecule has 3 rings (SSSR count). The van der Waals surface area contributed by atoms with Crippen LogP contribution in [0.4, 0.5) is 5.82 Å². The summed E-state index contributed by atoms with van der Waals surface area (Å²) in [4.78, 5) is 38.2. The summed E-state index contributed by atoms with van der Waals surface area (Å²) in [5.74, 6) is 1.09. The van der Waals surface area contributed by atoms with Crippen LogP contribution < -0.4 is 4.90 Å². The molecule has 0 bridgehead atoms. The molecule has 1 aromatic carbocycles. The molecule has 1 saturated heterocycles. The van der Waals surface area contributed by atoms with Gasteiger partial charge in [0.05, 0.1) is 17.6 Å². The van der Waals surface area contributed by atoms with Crippen molar-refractivity contribution in [1.29, 1.82) is 0 Å². The van der Waals surface area contributed by atoms with E-state index in [1.807, 2.05) is 42.0 Å². The molecule has 0 saturated carbocycles. The number of nitrogens with zero attached hydrogens (tertiary/aromatic N) is 4. The van der Waals surface area contributed by atoms with Crippen molar-refractivity contribution in [2.45, 2.75) is 27.2 Å². The maximum Gasteiger partial charge on any atom is 0.360 e. The summed E-state index contributed by atoms with van der Waals surface area (Å²) in [7, 11) is 0. The van der Waals surface area contributed by atoms with E-state index in [1.54, 1.807) is 18.7 Å². The zero-order valence-electron chi connectivity index (χ0n) is 17.5. The normalized spacial score (nSPS) is 14.3. The van der Waals surface area contributed by atoms with Gasteiger partial charge in [-0.25, -0.2) is 14.8 Å². The van der Waals surface area contributed by atoms with Crippen molar-refractivity contribution in [1.82, 2.24) is 14.9 Å². The molecule has 0 aliphatic carbocycles. The van der Waals surface area contributed by atoms with Crippen molar-refractivity contribution in [2.24, 2.45) is 0 Å². The molecule has 0 atom stereocenters. The van der Waals surface area contributed by atoms with Gasteiger partial charge in [0.25, 0.3) is 0 Å². The molecule has 0 N–H and O–H groups in total. The van der Waals surface area contributed by atoms with Crippen molar-refractivity contribution in [3.63, 3.8) is 0 Å². The van der Waals surface area contributed by atoms with Crippen molar-refractivity contribution in [3.8, 4) is 0 Å². The molecule has 8 heteroatoms. The fraction of sp³-hybridized carbons (Fsp3) is 0.524. The molecule has 2 heterocycles. The largest absolute Gasteiger partial charge is 0.461 e. The van der Waals surface area contributed by atoms with Gasteiger partial charge in [-0.2, -0.15) is 11.8 Å². The number of hydrogen-bond donors (Lipinski definition) is 0. The van der Waals surface area contributed by atoms with Crippen LogP contribution in [0.5, 0.6) is 0 Å². The molecule has 2 aromatic rings. The summed E-state index contributed by atoms with van der Waals surface area (Å²) in [6.07, 6.45) is 2.56. The standard InChI is InChI=1S/C21H28N4O3S/c1-5-28-21(27)19-20(23-17-13-15(3)14(2)12-16(17)22-19)25-9-7-24(8-10-25)18(26)6-11-29-4/h12-13H,5-11H2,1-4H3. The SMILES string of the molecule is CCOC(=O)c1nc2cc(C)c(C)cc2nc1N1CCN(C(=O)CCSC)CC1. The molecule has 0 spiro atoms. The Morgan fingerprint density at radius 3 is 2.28 bits per heavy atom. The first kappa shape index (κ1) is 21.4. The van der Waals surface area contributed by atoms with Crippen LogP contribution >= 0.6 is 11.8 Å². The van der Waals surface area contributed by atoms with Crippen molar-refractivity contribution in [2.75, 3.05) is 49.7 Å². The lowest BCUT2D eigenvalue weighted by Gasteiger charge is -2.36. The number of amides is 1. The third-order valence-corrected chi connectivity index (χ3v) is 5.79. The molecule has 1 fully saturated rings. The van der Waals surface area contributed by atoms with Gasteiger partial charge in [0.2, 0.25) is 5.91 Å². The Balaban J connectivity index is 1.89. The van der Waals surface area contributed by atoms with E-state index in [0.717, 1.165) is 22.4 Å². The zero-order valence-corrected chi connectivity index (χ0v) is 18.3. The van der Waals surface area contributed by atoms with Crippen LogP contribution in [0, 0.1) is 13.8 Å². The first-order valence-corrected chi connectivity index (χ1v) is 11.3. The number of carbonyl (C=O) groups is 2. The number of rotatable bonds is 6. The first-order chi connectivity index (χ1) is 13.9. The van der Waals surface area contributed by atoms with Crippen molar-refractivity contribution < 1.29 is 14.3 Å². The Kier molecular flexibility index (Phi) is 6.95. The van der Waals surface area contributed by atoms with E-state index in [9.17, 15) is 9.59 Å². The predicted molar refractivity (Wildman–Crippen MR) is 117 cm³/mol. The minimum Gasteiger partial charge on any atom is -0.461 e. The van der Waals surface area contributed by atoms with Crippen LogP contribution in [-0.2, 0) is 9.53 Å². The van der Waals surface area contributed by atoms with Gasteiger partial charge in [0, 0.05) is 38.4 Å². The second-order valence-electron chi connectivity index (χ2n) is 7.15. The minimum absolute atomic E-state index is 0.181. The fourth-order valence-corrected chi connectivity index (χ4v) is 3.75. The van der Waals surface area contributed by atoms with Crippen LogP contribution in [0.15, 0.2) is 12.1 Å². The Morgan fingerprint density at radius 1 is 1.07 bits per heavy atom. The summed E-state index contributed by atoms with van der Waals surface area (Å²) in [5.41, 5.74) is 3.92. The third-order valence-electron chi connectivity index (χ3n) is 5.18. The summed E-state index contributed by atoms with van der Waals surface area (Å²) >= 11 is 1.68. The molecule has 1 amide bonds. The Hall–Kier alpha value is -2.35. The van der Waals surface area contributed by atoms with Crippen molar-refractivity contribution >= 4 is 40.5 Å². The fourth-order valence-electron chi connectivity index (χ4n) is 3.37. The number of carbonyl (C=O) groups excluding carboxylic acids is 2. The predicted octanol–water partition coefficient (Wildman–Crippen LogP) is 2.83. The average molecular weight is 417 g/mol. The molecule has 156 valence electrons. The highest BCUT2D eigenvalue weighted by molar-refractivity contribution is 7.98. The summed E-state index contributed by atoms with van der Waals surface area (Å²) in [6, 6.07) is 3.95.